The Morgan fingerprint density at radius 1 is 1.29 bits per heavy atom. The Morgan fingerprint density at radius 3 is 2.47 bits per heavy atom. The molecule has 0 atom stereocenters. The van der Waals surface area contributed by atoms with E-state index in [4.69, 9.17) is 9.84 Å². The maximum atomic E-state index is 10.5. The number of aliphatic hydroxyl groups excluding tert-OH is 1. The van der Waals surface area contributed by atoms with Crippen LogP contribution in [-0.2, 0) is 11.2 Å². The van der Waals surface area contributed by atoms with Crippen LogP contribution in [0, 0.1) is 0 Å². The van der Waals surface area contributed by atoms with Crippen LogP contribution in [0.25, 0.3) is 0 Å². The molecule has 0 aliphatic carbocycles. The SMILES string of the molecule is C/C(C=O)=C(\C)COc1ccc(CCO)cc1. The summed E-state index contributed by atoms with van der Waals surface area (Å²) in [5, 5.41) is 8.78. The normalized spacial score (nSPS) is 11.9. The molecule has 1 N–H and O–H groups in total. The molecule has 92 valence electrons. The lowest BCUT2D eigenvalue weighted by Crippen LogP contribution is -2.01. The minimum absolute atomic E-state index is 0.153. The summed E-state index contributed by atoms with van der Waals surface area (Å²) in [6.45, 7) is 4.23. The van der Waals surface area contributed by atoms with Crippen LogP contribution in [0.15, 0.2) is 35.4 Å². The van der Waals surface area contributed by atoms with Crippen molar-refractivity contribution in [3.05, 3.63) is 41.0 Å². The van der Waals surface area contributed by atoms with Gasteiger partial charge in [0.05, 0.1) is 0 Å². The Bertz CT molecular complexity index is 390. The highest BCUT2D eigenvalue weighted by Crippen LogP contribution is 2.14. The van der Waals surface area contributed by atoms with Gasteiger partial charge in [0.15, 0.2) is 0 Å². The number of hydrogen-bond acceptors (Lipinski definition) is 3. The molecule has 0 fully saturated rings. The monoisotopic (exact) mass is 234 g/mol. The standard InChI is InChI=1S/C14H18O3/c1-11(9-16)12(2)10-17-14-5-3-13(4-6-14)7-8-15/h3-6,9,15H,7-8,10H2,1-2H3/b12-11-. The Labute approximate surface area is 102 Å². The highest BCUT2D eigenvalue weighted by molar-refractivity contribution is 5.73. The quantitative estimate of drug-likeness (QED) is 0.606. The zero-order valence-electron chi connectivity index (χ0n) is 10.3. The number of aldehydes is 1. The van der Waals surface area contributed by atoms with E-state index >= 15 is 0 Å². The van der Waals surface area contributed by atoms with E-state index in [1.807, 2.05) is 31.2 Å². The fourth-order valence-corrected chi connectivity index (χ4v) is 1.29. The lowest BCUT2D eigenvalue weighted by molar-refractivity contribution is -0.104. The van der Waals surface area contributed by atoms with Crippen LogP contribution < -0.4 is 4.74 Å². The fraction of sp³-hybridized carbons (Fsp3) is 0.357. The van der Waals surface area contributed by atoms with Gasteiger partial charge in [0.25, 0.3) is 0 Å². The first kappa shape index (κ1) is 13.5. The molecule has 0 heterocycles. The lowest BCUT2D eigenvalue weighted by atomic mass is 10.1. The highest BCUT2D eigenvalue weighted by Gasteiger charge is 1.99. The number of carbonyl (C=O) groups excluding carboxylic acids is 1. The van der Waals surface area contributed by atoms with Gasteiger partial charge in [-0.1, -0.05) is 12.1 Å². The molecule has 0 aliphatic heterocycles. The summed E-state index contributed by atoms with van der Waals surface area (Å²) in [7, 11) is 0. The van der Waals surface area contributed by atoms with Crippen molar-refractivity contribution in [2.75, 3.05) is 13.2 Å². The van der Waals surface area contributed by atoms with Crippen LogP contribution in [0.4, 0.5) is 0 Å². The number of rotatable bonds is 6. The summed E-state index contributed by atoms with van der Waals surface area (Å²) in [5.74, 6) is 0.768. The molecule has 0 unspecified atom stereocenters. The van der Waals surface area contributed by atoms with Gasteiger partial charge in [-0.25, -0.2) is 0 Å². The maximum absolute atomic E-state index is 10.5. The van der Waals surface area contributed by atoms with Crippen LogP contribution in [0.3, 0.4) is 0 Å². The third-order valence-corrected chi connectivity index (χ3v) is 2.63. The second-order valence-electron chi connectivity index (χ2n) is 3.99. The van der Waals surface area contributed by atoms with Crippen molar-refractivity contribution in [2.24, 2.45) is 0 Å². The largest absolute Gasteiger partial charge is 0.489 e. The first-order valence-electron chi connectivity index (χ1n) is 5.61. The van der Waals surface area contributed by atoms with E-state index in [0.29, 0.717) is 18.6 Å². The van der Waals surface area contributed by atoms with E-state index < -0.39 is 0 Å². The van der Waals surface area contributed by atoms with E-state index in [1.165, 1.54) is 0 Å². The van der Waals surface area contributed by atoms with Crippen LogP contribution in [0.1, 0.15) is 19.4 Å². The molecule has 3 nitrogen and oxygen atoms in total. The Morgan fingerprint density at radius 2 is 1.94 bits per heavy atom. The summed E-state index contributed by atoms with van der Waals surface area (Å²) >= 11 is 0. The van der Waals surface area contributed by atoms with Crippen LogP contribution >= 0.6 is 0 Å². The first-order valence-corrected chi connectivity index (χ1v) is 5.61. The number of benzene rings is 1. The Kier molecular flexibility index (Phi) is 5.43. The first-order chi connectivity index (χ1) is 8.17. The average Bonchev–Trinajstić information content (AvgIpc) is 2.37. The van der Waals surface area contributed by atoms with Gasteiger partial charge in [0, 0.05) is 6.61 Å². The van der Waals surface area contributed by atoms with Crippen molar-refractivity contribution >= 4 is 6.29 Å². The van der Waals surface area contributed by atoms with Gasteiger partial charge in [-0.15, -0.1) is 0 Å². The molecule has 0 spiro atoms. The molecule has 0 bridgehead atoms. The van der Waals surface area contributed by atoms with Crippen molar-refractivity contribution in [3.63, 3.8) is 0 Å². The van der Waals surface area contributed by atoms with Crippen LogP contribution in [0.5, 0.6) is 5.75 Å². The molecule has 0 saturated carbocycles. The molecular weight excluding hydrogens is 216 g/mol. The van der Waals surface area contributed by atoms with Crippen molar-refractivity contribution in [3.8, 4) is 5.75 Å². The predicted molar refractivity (Wildman–Crippen MR) is 67.2 cm³/mol. The van der Waals surface area contributed by atoms with Crippen molar-refractivity contribution in [2.45, 2.75) is 20.3 Å². The molecule has 0 amide bonds. The summed E-state index contributed by atoms with van der Waals surface area (Å²) in [4.78, 5) is 10.5. The molecule has 1 aromatic rings. The number of carbonyl (C=O) groups is 1. The molecule has 0 aliphatic rings. The number of aliphatic hydroxyl groups is 1. The predicted octanol–water partition coefficient (Wildman–Crippen LogP) is 2.14. The lowest BCUT2D eigenvalue weighted by Gasteiger charge is -2.08. The second kappa shape index (κ2) is 6.86. The maximum Gasteiger partial charge on any atom is 0.145 e. The average molecular weight is 234 g/mol. The van der Waals surface area contributed by atoms with Gasteiger partial charge < -0.3 is 9.84 Å². The molecule has 0 radical (unpaired) electrons. The van der Waals surface area contributed by atoms with Gasteiger partial charge in [-0.05, 0) is 49.1 Å². The van der Waals surface area contributed by atoms with Crippen molar-refractivity contribution in [1.82, 2.24) is 0 Å². The van der Waals surface area contributed by atoms with E-state index in [1.54, 1.807) is 6.92 Å². The molecule has 17 heavy (non-hydrogen) atoms. The van der Waals surface area contributed by atoms with Crippen LogP contribution in [-0.4, -0.2) is 24.6 Å². The van der Waals surface area contributed by atoms with Gasteiger partial charge in [-0.3, -0.25) is 4.79 Å². The third-order valence-electron chi connectivity index (χ3n) is 2.63. The van der Waals surface area contributed by atoms with Gasteiger partial charge in [0.1, 0.15) is 18.6 Å². The smallest absolute Gasteiger partial charge is 0.145 e. The summed E-state index contributed by atoms with van der Waals surface area (Å²) < 4.78 is 5.54. The summed E-state index contributed by atoms with van der Waals surface area (Å²) in [6.07, 6.45) is 1.49. The molecule has 3 heteroatoms. The van der Waals surface area contributed by atoms with Gasteiger partial charge >= 0.3 is 0 Å². The number of hydrogen-bond donors (Lipinski definition) is 1. The zero-order valence-corrected chi connectivity index (χ0v) is 10.3. The molecule has 0 aromatic heterocycles. The topological polar surface area (TPSA) is 46.5 Å². The van der Waals surface area contributed by atoms with E-state index in [9.17, 15) is 4.79 Å². The van der Waals surface area contributed by atoms with Crippen molar-refractivity contribution in [1.29, 1.82) is 0 Å². The number of ether oxygens (including phenoxy) is 1. The molecule has 1 aromatic carbocycles. The van der Waals surface area contributed by atoms with E-state index in [0.717, 1.165) is 23.2 Å². The Balaban J connectivity index is 2.55. The second-order valence-corrected chi connectivity index (χ2v) is 3.99. The molecular formula is C14H18O3. The third kappa shape index (κ3) is 4.41. The van der Waals surface area contributed by atoms with E-state index in [2.05, 4.69) is 0 Å². The van der Waals surface area contributed by atoms with Crippen LogP contribution in [0.2, 0.25) is 0 Å². The minimum Gasteiger partial charge on any atom is -0.489 e. The minimum atomic E-state index is 0.153. The zero-order chi connectivity index (χ0) is 12.7. The summed E-state index contributed by atoms with van der Waals surface area (Å²) in [6, 6.07) is 7.59. The Hall–Kier alpha value is -1.61. The van der Waals surface area contributed by atoms with Crippen molar-refractivity contribution < 1.29 is 14.6 Å². The summed E-state index contributed by atoms with van der Waals surface area (Å²) in [5.41, 5.74) is 2.72. The van der Waals surface area contributed by atoms with Gasteiger partial charge in [0.2, 0.25) is 0 Å². The fourth-order valence-electron chi connectivity index (χ4n) is 1.29. The number of allylic oxidation sites excluding steroid dienone is 1. The van der Waals surface area contributed by atoms with Gasteiger partial charge in [-0.2, -0.15) is 0 Å². The highest BCUT2D eigenvalue weighted by atomic mass is 16.5. The molecule has 0 saturated heterocycles. The molecule has 1 rings (SSSR count). The van der Waals surface area contributed by atoms with E-state index in [-0.39, 0.29) is 6.61 Å².